The monoisotopic (exact) mass is 363 g/mol. The van der Waals surface area contributed by atoms with Crippen LogP contribution < -0.4 is 0 Å². The van der Waals surface area contributed by atoms with Crippen LogP contribution in [-0.2, 0) is 4.74 Å². The van der Waals surface area contributed by atoms with E-state index in [1.165, 1.54) is 0 Å². The Bertz CT molecular complexity index is 910. The second-order valence-corrected chi connectivity index (χ2v) is 6.31. The van der Waals surface area contributed by atoms with Gasteiger partial charge in [-0.3, -0.25) is 9.47 Å². The Hall–Kier alpha value is -2.39. The van der Waals surface area contributed by atoms with Crippen LogP contribution in [0.5, 0.6) is 0 Å². The number of hydrogen-bond acceptors (Lipinski definition) is 6. The molecular formula is C17H19F2N5O2. The van der Waals surface area contributed by atoms with Gasteiger partial charge in [0, 0.05) is 20.0 Å². The Morgan fingerprint density at radius 2 is 2.04 bits per heavy atom. The van der Waals surface area contributed by atoms with Gasteiger partial charge in [-0.25, -0.2) is 4.98 Å². The van der Waals surface area contributed by atoms with Crippen molar-refractivity contribution in [3.8, 4) is 0 Å². The first-order chi connectivity index (χ1) is 12.5. The predicted octanol–water partition coefficient (Wildman–Crippen LogP) is 3.26. The lowest BCUT2D eigenvalue weighted by molar-refractivity contribution is -0.0507. The largest absolute Gasteiger partial charge is 0.367 e. The summed E-state index contributed by atoms with van der Waals surface area (Å²) in [7, 11) is 0. The zero-order valence-corrected chi connectivity index (χ0v) is 14.5. The van der Waals surface area contributed by atoms with Crippen LogP contribution in [0.3, 0.4) is 0 Å². The summed E-state index contributed by atoms with van der Waals surface area (Å²) in [4.78, 5) is 10.7. The van der Waals surface area contributed by atoms with Gasteiger partial charge < -0.3 is 9.26 Å². The third-order valence-corrected chi connectivity index (χ3v) is 4.67. The number of nitrogens with zero attached hydrogens (tertiary/aromatic N) is 5. The molecule has 26 heavy (non-hydrogen) atoms. The normalized spacial score (nSPS) is 20.1. The molecule has 3 aromatic rings. The smallest absolute Gasteiger partial charge is 0.320 e. The molecule has 7 nitrogen and oxygen atoms in total. The molecule has 0 N–H and O–H groups in total. The molecule has 138 valence electrons. The Morgan fingerprint density at radius 3 is 2.77 bits per heavy atom. The van der Waals surface area contributed by atoms with Crippen LogP contribution in [0, 0.1) is 6.92 Å². The number of aryl methyl sites for hydroxylation is 1. The highest BCUT2D eigenvalue weighted by Crippen LogP contribution is 2.32. The third kappa shape index (κ3) is 2.97. The van der Waals surface area contributed by atoms with E-state index in [4.69, 9.17) is 9.26 Å². The van der Waals surface area contributed by atoms with E-state index < -0.39 is 6.55 Å². The first-order valence-corrected chi connectivity index (χ1v) is 8.45. The molecule has 0 aliphatic carbocycles. The SMILES string of the molecule is Cc1nc([C@H]2CN([C@@H](C)c3nc4ccccc4n3C(F)F)CCO2)no1. The Morgan fingerprint density at radius 1 is 1.23 bits per heavy atom. The van der Waals surface area contributed by atoms with Gasteiger partial charge in [0.2, 0.25) is 11.7 Å². The Labute approximate surface area is 148 Å². The minimum atomic E-state index is -2.66. The molecule has 2 aromatic heterocycles. The van der Waals surface area contributed by atoms with Crippen LogP contribution in [0.1, 0.15) is 43.2 Å². The summed E-state index contributed by atoms with van der Waals surface area (Å²) >= 11 is 0. The van der Waals surface area contributed by atoms with E-state index in [-0.39, 0.29) is 12.1 Å². The number of aromatic nitrogens is 4. The van der Waals surface area contributed by atoms with Gasteiger partial charge in [0.05, 0.1) is 23.7 Å². The van der Waals surface area contributed by atoms with E-state index in [0.29, 0.717) is 48.3 Å². The van der Waals surface area contributed by atoms with Crippen molar-refractivity contribution in [2.45, 2.75) is 32.5 Å². The summed E-state index contributed by atoms with van der Waals surface area (Å²) in [6.07, 6.45) is -0.354. The molecule has 1 aliphatic rings. The molecule has 0 amide bonds. The zero-order valence-electron chi connectivity index (χ0n) is 14.5. The summed E-state index contributed by atoms with van der Waals surface area (Å²) in [5.41, 5.74) is 0.996. The predicted molar refractivity (Wildman–Crippen MR) is 88.7 cm³/mol. The lowest BCUT2D eigenvalue weighted by atomic mass is 10.2. The van der Waals surface area contributed by atoms with Crippen LogP contribution in [0.25, 0.3) is 11.0 Å². The highest BCUT2D eigenvalue weighted by Gasteiger charge is 2.32. The molecule has 3 heterocycles. The molecular weight excluding hydrogens is 344 g/mol. The average molecular weight is 363 g/mol. The van der Waals surface area contributed by atoms with Crippen molar-refractivity contribution in [2.75, 3.05) is 19.7 Å². The third-order valence-electron chi connectivity index (χ3n) is 4.67. The van der Waals surface area contributed by atoms with E-state index in [1.807, 2.05) is 6.92 Å². The maximum atomic E-state index is 13.7. The average Bonchev–Trinajstić information content (AvgIpc) is 3.24. The Balaban J connectivity index is 1.64. The van der Waals surface area contributed by atoms with Gasteiger partial charge in [-0.2, -0.15) is 13.8 Å². The first kappa shape index (κ1) is 17.0. The molecule has 0 radical (unpaired) electrons. The molecule has 1 aliphatic heterocycles. The fourth-order valence-corrected chi connectivity index (χ4v) is 3.35. The minimum absolute atomic E-state index is 0.309. The van der Waals surface area contributed by atoms with Gasteiger partial charge in [0.15, 0.2) is 0 Å². The van der Waals surface area contributed by atoms with Crippen LogP contribution in [0.15, 0.2) is 28.8 Å². The number of hydrogen-bond donors (Lipinski definition) is 0. The van der Waals surface area contributed by atoms with E-state index in [1.54, 1.807) is 31.2 Å². The molecule has 2 atom stereocenters. The first-order valence-electron chi connectivity index (χ1n) is 8.45. The molecule has 1 saturated heterocycles. The summed E-state index contributed by atoms with van der Waals surface area (Å²) in [6.45, 7) is 2.48. The van der Waals surface area contributed by atoms with Crippen molar-refractivity contribution in [3.05, 3.63) is 41.8 Å². The summed E-state index contributed by atoms with van der Waals surface area (Å²) in [5, 5.41) is 3.91. The number of rotatable bonds is 4. The number of morpholine rings is 1. The van der Waals surface area contributed by atoms with Gasteiger partial charge >= 0.3 is 6.55 Å². The molecule has 0 unspecified atom stereocenters. The van der Waals surface area contributed by atoms with Crippen molar-refractivity contribution in [1.29, 1.82) is 0 Å². The van der Waals surface area contributed by atoms with E-state index in [0.717, 1.165) is 4.57 Å². The van der Waals surface area contributed by atoms with Crippen molar-refractivity contribution in [1.82, 2.24) is 24.6 Å². The van der Waals surface area contributed by atoms with Gasteiger partial charge in [-0.05, 0) is 19.1 Å². The number of para-hydroxylation sites is 2. The van der Waals surface area contributed by atoms with Crippen LogP contribution in [0.4, 0.5) is 8.78 Å². The highest BCUT2D eigenvalue weighted by molar-refractivity contribution is 5.76. The number of alkyl halides is 2. The number of benzene rings is 1. The fourth-order valence-electron chi connectivity index (χ4n) is 3.35. The Kier molecular flexibility index (Phi) is 4.41. The zero-order chi connectivity index (χ0) is 18.3. The number of ether oxygens (including phenoxy) is 1. The standard InChI is InChI=1S/C17H19F2N5O2/c1-10(16-21-12-5-3-4-6-13(12)24(16)17(18)19)23-7-8-25-14(9-23)15-20-11(2)26-22-15/h3-6,10,14,17H,7-9H2,1-2H3/t10-,14+/m0/s1. The second-order valence-electron chi connectivity index (χ2n) is 6.31. The van der Waals surface area contributed by atoms with Crippen LogP contribution in [-0.4, -0.2) is 44.3 Å². The molecule has 0 bridgehead atoms. The van der Waals surface area contributed by atoms with Crippen molar-refractivity contribution in [2.24, 2.45) is 0 Å². The maximum Gasteiger partial charge on any atom is 0.320 e. The van der Waals surface area contributed by atoms with Gasteiger partial charge in [-0.15, -0.1) is 0 Å². The number of fused-ring (bicyclic) bond motifs is 1. The topological polar surface area (TPSA) is 69.2 Å². The summed E-state index contributed by atoms with van der Waals surface area (Å²) in [5.74, 6) is 1.28. The molecule has 0 saturated carbocycles. The van der Waals surface area contributed by atoms with E-state index in [9.17, 15) is 8.78 Å². The number of halogens is 2. The van der Waals surface area contributed by atoms with Gasteiger partial charge in [0.1, 0.15) is 11.9 Å². The summed E-state index contributed by atoms with van der Waals surface area (Å²) < 4.78 is 39.2. The molecule has 9 heteroatoms. The van der Waals surface area contributed by atoms with Crippen LogP contribution >= 0.6 is 0 Å². The lowest BCUT2D eigenvalue weighted by Crippen LogP contribution is -2.41. The summed E-state index contributed by atoms with van der Waals surface area (Å²) in [6, 6.07) is 6.63. The van der Waals surface area contributed by atoms with Gasteiger partial charge in [-0.1, -0.05) is 17.3 Å². The van der Waals surface area contributed by atoms with E-state index >= 15 is 0 Å². The fraction of sp³-hybridized carbons (Fsp3) is 0.471. The van der Waals surface area contributed by atoms with Crippen molar-refractivity contribution in [3.63, 3.8) is 0 Å². The highest BCUT2D eigenvalue weighted by atomic mass is 19.3. The molecule has 1 aromatic carbocycles. The molecule has 0 spiro atoms. The molecule has 4 rings (SSSR count). The lowest BCUT2D eigenvalue weighted by Gasteiger charge is -2.35. The molecule has 1 fully saturated rings. The quantitative estimate of drug-likeness (QED) is 0.709. The van der Waals surface area contributed by atoms with Crippen molar-refractivity contribution < 1.29 is 18.0 Å². The van der Waals surface area contributed by atoms with Crippen LogP contribution in [0.2, 0.25) is 0 Å². The number of imidazole rings is 1. The minimum Gasteiger partial charge on any atom is -0.367 e. The van der Waals surface area contributed by atoms with Crippen molar-refractivity contribution >= 4 is 11.0 Å². The van der Waals surface area contributed by atoms with Gasteiger partial charge in [0.25, 0.3) is 0 Å². The maximum absolute atomic E-state index is 13.7. The van der Waals surface area contributed by atoms with E-state index in [2.05, 4.69) is 20.0 Å². The second kappa shape index (κ2) is 6.73.